The summed E-state index contributed by atoms with van der Waals surface area (Å²) >= 11 is 0. The summed E-state index contributed by atoms with van der Waals surface area (Å²) in [7, 11) is 0. The van der Waals surface area contributed by atoms with E-state index in [1.165, 1.54) is 4.90 Å². The van der Waals surface area contributed by atoms with E-state index in [0.717, 1.165) is 5.56 Å². The second-order valence-electron chi connectivity index (χ2n) is 11.9. The quantitative estimate of drug-likeness (QED) is 0.219. The number of esters is 2. The summed E-state index contributed by atoms with van der Waals surface area (Å²) in [4.78, 5) is 65.3. The number of ether oxygens (including phenoxy) is 2. The first-order valence-corrected chi connectivity index (χ1v) is 14.9. The van der Waals surface area contributed by atoms with Gasteiger partial charge in [0.2, 0.25) is 5.91 Å². The van der Waals surface area contributed by atoms with Crippen molar-refractivity contribution in [1.82, 2.24) is 10.2 Å². The first-order chi connectivity index (χ1) is 19.9. The number of nitrogens with zero attached hydrogens (tertiary/aromatic N) is 2. The molecular formula is C31H47N3O8. The van der Waals surface area contributed by atoms with Crippen LogP contribution < -0.4 is 5.32 Å². The minimum atomic E-state index is -1.34. The molecule has 1 aliphatic heterocycles. The molecule has 11 nitrogen and oxygen atoms in total. The highest BCUT2D eigenvalue weighted by Crippen LogP contribution is 2.23. The SMILES string of the molecule is CC[C@H](C)[C@@H](N=O)[C@@H](O)CC(=O)O[C@H](C(=O)N[C@@H](CC(C)C)C(=O)N1CCC[C@H]1C(=O)OCc1ccccc1)C(C)C. The minimum absolute atomic E-state index is 0.0360. The van der Waals surface area contributed by atoms with Gasteiger partial charge in [0.1, 0.15) is 24.7 Å². The van der Waals surface area contributed by atoms with Gasteiger partial charge in [0.15, 0.2) is 6.10 Å². The van der Waals surface area contributed by atoms with E-state index >= 15 is 0 Å². The number of carbonyl (C=O) groups is 4. The second kappa shape index (κ2) is 16.9. The predicted molar refractivity (Wildman–Crippen MR) is 157 cm³/mol. The zero-order valence-electron chi connectivity index (χ0n) is 25.7. The highest BCUT2D eigenvalue weighted by Gasteiger charge is 2.40. The summed E-state index contributed by atoms with van der Waals surface area (Å²) in [5.41, 5.74) is 0.839. The van der Waals surface area contributed by atoms with E-state index in [2.05, 4.69) is 10.5 Å². The molecule has 1 saturated heterocycles. The molecule has 0 aliphatic carbocycles. The lowest BCUT2D eigenvalue weighted by atomic mass is 9.93. The van der Waals surface area contributed by atoms with E-state index in [-0.39, 0.29) is 18.4 Å². The fourth-order valence-corrected chi connectivity index (χ4v) is 5.02. The molecule has 234 valence electrons. The third kappa shape index (κ3) is 10.2. The number of nitrogens with one attached hydrogen (secondary N) is 1. The van der Waals surface area contributed by atoms with E-state index in [4.69, 9.17) is 9.47 Å². The molecule has 42 heavy (non-hydrogen) atoms. The highest BCUT2D eigenvalue weighted by molar-refractivity contribution is 5.93. The summed E-state index contributed by atoms with van der Waals surface area (Å²) in [6.07, 6.45) is -1.08. The van der Waals surface area contributed by atoms with E-state index in [9.17, 15) is 29.2 Å². The number of nitroso groups, excluding NO2 is 1. The molecule has 6 atom stereocenters. The summed E-state index contributed by atoms with van der Waals surface area (Å²) in [6, 6.07) is 6.59. The van der Waals surface area contributed by atoms with Crippen molar-refractivity contribution in [3.8, 4) is 0 Å². The molecule has 0 saturated carbocycles. The normalized spacial score (nSPS) is 18.6. The number of hydrogen-bond donors (Lipinski definition) is 2. The fourth-order valence-electron chi connectivity index (χ4n) is 5.02. The maximum Gasteiger partial charge on any atom is 0.329 e. The van der Waals surface area contributed by atoms with Crippen LogP contribution in [0, 0.1) is 22.7 Å². The molecule has 1 aliphatic rings. The molecule has 2 rings (SSSR count). The number of hydrogen-bond acceptors (Lipinski definition) is 9. The van der Waals surface area contributed by atoms with Gasteiger partial charge in [0, 0.05) is 6.54 Å². The second-order valence-corrected chi connectivity index (χ2v) is 11.9. The Bertz CT molecular complexity index is 1050. The molecule has 0 aromatic heterocycles. The Morgan fingerprint density at radius 1 is 1.10 bits per heavy atom. The van der Waals surface area contributed by atoms with E-state index in [1.54, 1.807) is 20.8 Å². The first-order valence-electron chi connectivity index (χ1n) is 14.9. The van der Waals surface area contributed by atoms with Crippen LogP contribution in [0.5, 0.6) is 0 Å². The van der Waals surface area contributed by atoms with E-state index < -0.39 is 66.4 Å². The van der Waals surface area contributed by atoms with Gasteiger partial charge in [-0.1, -0.05) is 83.5 Å². The van der Waals surface area contributed by atoms with Gasteiger partial charge in [-0.05, 0) is 42.6 Å². The lowest BCUT2D eigenvalue weighted by Gasteiger charge is -2.30. The molecular weight excluding hydrogens is 542 g/mol. The van der Waals surface area contributed by atoms with Crippen LogP contribution in [-0.2, 0) is 35.3 Å². The standard InChI is InChI=1S/C31H47N3O8/c1-7-21(6)27(33-40)25(35)17-26(36)42-28(20(4)5)29(37)32-23(16-19(2)3)30(38)34-15-11-14-24(34)31(39)41-18-22-12-9-8-10-13-22/h8-10,12-13,19-21,23-25,27-28,35H,7,11,14-18H2,1-6H3,(H,32,37)/t21-,23-,24-,25-,27+,28-/m0/s1. The van der Waals surface area contributed by atoms with Gasteiger partial charge in [-0.2, -0.15) is 4.91 Å². The van der Waals surface area contributed by atoms with E-state index in [1.807, 2.05) is 51.1 Å². The van der Waals surface area contributed by atoms with Crippen molar-refractivity contribution in [3.63, 3.8) is 0 Å². The summed E-state index contributed by atoms with van der Waals surface area (Å²) < 4.78 is 10.9. The van der Waals surface area contributed by atoms with E-state index in [0.29, 0.717) is 32.2 Å². The molecule has 2 amide bonds. The van der Waals surface area contributed by atoms with Crippen LogP contribution in [0.25, 0.3) is 0 Å². The maximum atomic E-state index is 13.7. The largest absolute Gasteiger partial charge is 0.459 e. The van der Waals surface area contributed by atoms with Crippen LogP contribution in [0.1, 0.15) is 79.2 Å². The van der Waals surface area contributed by atoms with Crippen molar-refractivity contribution in [1.29, 1.82) is 0 Å². The molecule has 2 N–H and O–H groups in total. The molecule has 0 radical (unpaired) electrons. The van der Waals surface area contributed by atoms with Crippen molar-refractivity contribution in [2.75, 3.05) is 6.54 Å². The Morgan fingerprint density at radius 2 is 1.76 bits per heavy atom. The smallest absolute Gasteiger partial charge is 0.329 e. The molecule has 11 heteroatoms. The number of rotatable bonds is 16. The number of aliphatic hydroxyl groups is 1. The third-order valence-corrected chi connectivity index (χ3v) is 7.59. The molecule has 0 bridgehead atoms. The van der Waals surface area contributed by atoms with Crippen LogP contribution in [0.3, 0.4) is 0 Å². The minimum Gasteiger partial charge on any atom is -0.459 e. The van der Waals surface area contributed by atoms with Crippen molar-refractivity contribution in [2.24, 2.45) is 22.9 Å². The molecule has 1 heterocycles. The van der Waals surface area contributed by atoms with Gasteiger partial charge < -0.3 is 24.8 Å². The van der Waals surface area contributed by atoms with Crippen molar-refractivity contribution in [2.45, 2.75) is 111 Å². The maximum absolute atomic E-state index is 13.7. The van der Waals surface area contributed by atoms with Crippen molar-refractivity contribution >= 4 is 23.8 Å². The number of carbonyl (C=O) groups excluding carboxylic acids is 4. The summed E-state index contributed by atoms with van der Waals surface area (Å²) in [5.74, 6) is -3.03. The Kier molecular flexibility index (Phi) is 14.1. The summed E-state index contributed by atoms with van der Waals surface area (Å²) in [6.45, 7) is 11.3. The summed E-state index contributed by atoms with van der Waals surface area (Å²) in [5, 5.41) is 16.1. The van der Waals surface area contributed by atoms with Gasteiger partial charge >= 0.3 is 11.9 Å². The molecule has 1 fully saturated rings. The van der Waals surface area contributed by atoms with Gasteiger partial charge in [-0.25, -0.2) is 4.79 Å². The highest BCUT2D eigenvalue weighted by atomic mass is 16.6. The Labute approximate surface area is 248 Å². The third-order valence-electron chi connectivity index (χ3n) is 7.59. The fraction of sp³-hybridized carbons (Fsp3) is 0.677. The van der Waals surface area contributed by atoms with Crippen LogP contribution >= 0.6 is 0 Å². The van der Waals surface area contributed by atoms with Gasteiger partial charge in [0.25, 0.3) is 5.91 Å². The molecule has 0 unspecified atom stereocenters. The van der Waals surface area contributed by atoms with Gasteiger partial charge in [-0.15, -0.1) is 0 Å². The topological polar surface area (TPSA) is 152 Å². The van der Waals surface area contributed by atoms with Gasteiger partial charge in [-0.3, -0.25) is 14.4 Å². The Morgan fingerprint density at radius 3 is 2.33 bits per heavy atom. The number of aliphatic hydroxyl groups excluding tert-OH is 1. The van der Waals surface area contributed by atoms with Crippen molar-refractivity contribution < 1.29 is 33.8 Å². The van der Waals surface area contributed by atoms with Crippen molar-refractivity contribution in [3.05, 3.63) is 40.8 Å². The number of amides is 2. The molecule has 1 aromatic rings. The Hall–Kier alpha value is -3.34. The lowest BCUT2D eigenvalue weighted by molar-refractivity contribution is -0.162. The zero-order valence-corrected chi connectivity index (χ0v) is 25.7. The van der Waals surface area contributed by atoms with Crippen LogP contribution in [0.2, 0.25) is 0 Å². The van der Waals surface area contributed by atoms with Gasteiger partial charge in [0.05, 0.1) is 12.5 Å². The number of likely N-dealkylation sites (tertiary alicyclic amines) is 1. The van der Waals surface area contributed by atoms with Crippen LogP contribution in [-0.4, -0.2) is 70.6 Å². The first kappa shape index (κ1) is 34.9. The zero-order chi connectivity index (χ0) is 31.4. The van der Waals surface area contributed by atoms with Crippen LogP contribution in [0.15, 0.2) is 35.5 Å². The van der Waals surface area contributed by atoms with Crippen LogP contribution in [0.4, 0.5) is 0 Å². The monoisotopic (exact) mass is 589 g/mol. The molecule has 0 spiro atoms. The predicted octanol–water partition coefficient (Wildman–Crippen LogP) is 3.75. The average molecular weight is 590 g/mol. The Balaban J connectivity index is 2.09. The lowest BCUT2D eigenvalue weighted by Crippen LogP contribution is -2.55. The number of benzene rings is 1. The molecule has 1 aromatic carbocycles. The average Bonchev–Trinajstić information content (AvgIpc) is 3.44.